The molecule has 2 rings (SSSR count). The van der Waals surface area contributed by atoms with E-state index in [1.54, 1.807) is 0 Å². The minimum absolute atomic E-state index is 0. The molecule has 126 valence electrons. The van der Waals surface area contributed by atoms with Gasteiger partial charge in [0.25, 0.3) is 0 Å². The van der Waals surface area contributed by atoms with Crippen molar-refractivity contribution in [2.45, 2.75) is 71.5 Å². The Morgan fingerprint density at radius 1 is 1.10 bits per heavy atom. The first-order chi connectivity index (χ1) is 9.45. The Hall–Kier alpha value is 0.170. The molecule has 1 saturated heterocycles. The van der Waals surface area contributed by atoms with E-state index in [1.165, 1.54) is 38.5 Å². The number of β-amino-alcohol motifs (C(OH)–C–C–N with tert-alkyl or cyclic N) is 1. The van der Waals surface area contributed by atoms with Crippen LogP contribution in [0.15, 0.2) is 0 Å². The Morgan fingerprint density at radius 2 is 1.67 bits per heavy atom. The summed E-state index contributed by atoms with van der Waals surface area (Å²) in [4.78, 5) is 2.35. The summed E-state index contributed by atoms with van der Waals surface area (Å²) in [7, 11) is 0. The van der Waals surface area contributed by atoms with Crippen LogP contribution in [0.2, 0.25) is 0 Å². The summed E-state index contributed by atoms with van der Waals surface area (Å²) in [5.74, 6) is 0.830. The van der Waals surface area contributed by atoms with E-state index in [1.807, 2.05) is 0 Å². The molecule has 3 nitrogen and oxygen atoms in total. The molecule has 0 aromatic carbocycles. The van der Waals surface area contributed by atoms with Gasteiger partial charge in [-0.15, -0.1) is 12.4 Å². The van der Waals surface area contributed by atoms with Crippen LogP contribution in [0.4, 0.5) is 0 Å². The highest BCUT2D eigenvalue weighted by Crippen LogP contribution is 2.38. The number of aliphatic hydroxyl groups excluding tert-OH is 1. The van der Waals surface area contributed by atoms with Crippen LogP contribution in [0, 0.1) is 11.3 Å². The molecule has 1 atom stereocenters. The summed E-state index contributed by atoms with van der Waals surface area (Å²) < 4.78 is 5.94. The van der Waals surface area contributed by atoms with E-state index >= 15 is 0 Å². The zero-order valence-electron chi connectivity index (χ0n) is 14.0. The molecule has 0 aromatic heterocycles. The van der Waals surface area contributed by atoms with Gasteiger partial charge in [0, 0.05) is 6.54 Å². The van der Waals surface area contributed by atoms with Gasteiger partial charge in [0.05, 0.1) is 18.8 Å². The van der Waals surface area contributed by atoms with Crippen molar-refractivity contribution < 1.29 is 9.84 Å². The van der Waals surface area contributed by atoms with E-state index < -0.39 is 0 Å². The van der Waals surface area contributed by atoms with E-state index in [0.717, 1.165) is 25.6 Å². The van der Waals surface area contributed by atoms with Crippen molar-refractivity contribution in [3.8, 4) is 0 Å². The Labute approximate surface area is 136 Å². The van der Waals surface area contributed by atoms with Gasteiger partial charge in [0.1, 0.15) is 0 Å². The number of nitrogens with zero attached hydrogens (tertiary/aromatic N) is 1. The SMILES string of the molecule is CC(C)(C)C1CCC(OCC(O)CN2CCCC2)CC1.Cl. The normalized spacial score (nSPS) is 29.1. The minimum atomic E-state index is -0.312. The lowest BCUT2D eigenvalue weighted by molar-refractivity contribution is -0.0429. The van der Waals surface area contributed by atoms with Gasteiger partial charge in [-0.1, -0.05) is 20.8 Å². The van der Waals surface area contributed by atoms with Crippen LogP contribution in [0.5, 0.6) is 0 Å². The predicted octanol–water partition coefficient (Wildman–Crippen LogP) is 3.49. The third-order valence-corrected chi connectivity index (χ3v) is 5.09. The first-order valence-corrected chi connectivity index (χ1v) is 8.47. The lowest BCUT2D eigenvalue weighted by Crippen LogP contribution is -2.35. The van der Waals surface area contributed by atoms with Gasteiger partial charge >= 0.3 is 0 Å². The summed E-state index contributed by atoms with van der Waals surface area (Å²) in [6.07, 6.45) is 7.51. The topological polar surface area (TPSA) is 32.7 Å². The number of aliphatic hydroxyl groups is 1. The van der Waals surface area contributed by atoms with E-state index in [9.17, 15) is 5.11 Å². The van der Waals surface area contributed by atoms with Gasteiger partial charge in [-0.3, -0.25) is 0 Å². The molecule has 1 heterocycles. The fraction of sp³-hybridized carbons (Fsp3) is 1.00. The van der Waals surface area contributed by atoms with Crippen LogP contribution in [-0.2, 0) is 4.74 Å². The van der Waals surface area contributed by atoms with Crippen LogP contribution in [-0.4, -0.2) is 48.5 Å². The van der Waals surface area contributed by atoms with Crippen molar-refractivity contribution in [1.29, 1.82) is 0 Å². The average molecular weight is 320 g/mol. The highest BCUT2D eigenvalue weighted by atomic mass is 35.5. The molecule has 4 heteroatoms. The second-order valence-electron chi connectivity index (χ2n) is 7.83. The van der Waals surface area contributed by atoms with E-state index in [-0.39, 0.29) is 18.5 Å². The summed E-state index contributed by atoms with van der Waals surface area (Å²) in [5, 5.41) is 10.1. The lowest BCUT2D eigenvalue weighted by Gasteiger charge is -2.37. The molecule has 0 amide bonds. The summed E-state index contributed by atoms with van der Waals surface area (Å²) >= 11 is 0. The zero-order chi connectivity index (χ0) is 14.6. The third kappa shape index (κ3) is 6.43. The maximum Gasteiger partial charge on any atom is 0.0900 e. The summed E-state index contributed by atoms with van der Waals surface area (Å²) in [5.41, 5.74) is 0.431. The average Bonchev–Trinajstić information content (AvgIpc) is 2.88. The second-order valence-corrected chi connectivity index (χ2v) is 7.83. The largest absolute Gasteiger partial charge is 0.389 e. The van der Waals surface area contributed by atoms with Crippen LogP contribution in [0.1, 0.15) is 59.3 Å². The molecule has 21 heavy (non-hydrogen) atoms. The molecule has 1 N–H and O–H groups in total. The molecule has 0 spiro atoms. The highest BCUT2D eigenvalue weighted by Gasteiger charge is 2.30. The zero-order valence-corrected chi connectivity index (χ0v) is 14.8. The fourth-order valence-corrected chi connectivity index (χ4v) is 3.66. The smallest absolute Gasteiger partial charge is 0.0900 e. The number of hydrogen-bond donors (Lipinski definition) is 1. The standard InChI is InChI=1S/C17H33NO2.ClH/c1-17(2,3)14-6-8-16(9-7-14)20-13-15(19)12-18-10-4-5-11-18;/h14-16,19H,4-13H2,1-3H3;1H. The second kappa shape index (κ2) is 8.71. The maximum atomic E-state index is 10.1. The molecule has 1 unspecified atom stereocenters. The molecule has 2 aliphatic rings. The quantitative estimate of drug-likeness (QED) is 0.842. The number of hydrogen-bond acceptors (Lipinski definition) is 3. The van der Waals surface area contributed by atoms with Gasteiger partial charge in [0.2, 0.25) is 0 Å². The van der Waals surface area contributed by atoms with Crippen molar-refractivity contribution in [1.82, 2.24) is 4.90 Å². The van der Waals surface area contributed by atoms with Gasteiger partial charge in [-0.2, -0.15) is 0 Å². The summed E-state index contributed by atoms with van der Waals surface area (Å²) in [6.45, 7) is 10.6. The Balaban J connectivity index is 0.00000220. The lowest BCUT2D eigenvalue weighted by atomic mass is 9.72. The monoisotopic (exact) mass is 319 g/mol. The molecular weight excluding hydrogens is 286 g/mol. The van der Waals surface area contributed by atoms with Crippen molar-refractivity contribution in [2.75, 3.05) is 26.2 Å². The van der Waals surface area contributed by atoms with E-state index in [0.29, 0.717) is 18.1 Å². The van der Waals surface area contributed by atoms with Gasteiger partial charge in [-0.25, -0.2) is 0 Å². The van der Waals surface area contributed by atoms with Crippen LogP contribution >= 0.6 is 12.4 Å². The first kappa shape index (κ1) is 19.2. The van der Waals surface area contributed by atoms with Crippen molar-refractivity contribution in [3.63, 3.8) is 0 Å². The van der Waals surface area contributed by atoms with Crippen molar-refractivity contribution in [2.24, 2.45) is 11.3 Å². The molecule has 0 aromatic rings. The molecule has 1 saturated carbocycles. The van der Waals surface area contributed by atoms with Gasteiger partial charge in [0.15, 0.2) is 0 Å². The van der Waals surface area contributed by atoms with Crippen molar-refractivity contribution in [3.05, 3.63) is 0 Å². The van der Waals surface area contributed by atoms with E-state index in [2.05, 4.69) is 25.7 Å². The Kier molecular flexibility index (Phi) is 7.97. The number of halogens is 1. The fourth-order valence-electron chi connectivity index (χ4n) is 3.66. The molecule has 2 fully saturated rings. The number of rotatable bonds is 5. The van der Waals surface area contributed by atoms with Crippen molar-refractivity contribution >= 4 is 12.4 Å². The molecule has 0 bridgehead atoms. The minimum Gasteiger partial charge on any atom is -0.389 e. The van der Waals surface area contributed by atoms with Crippen LogP contribution in [0.25, 0.3) is 0 Å². The highest BCUT2D eigenvalue weighted by molar-refractivity contribution is 5.85. The van der Waals surface area contributed by atoms with Gasteiger partial charge < -0.3 is 14.7 Å². The molecule has 1 aliphatic heterocycles. The Morgan fingerprint density at radius 3 is 2.19 bits per heavy atom. The maximum absolute atomic E-state index is 10.1. The number of likely N-dealkylation sites (tertiary alicyclic amines) is 1. The predicted molar refractivity (Wildman–Crippen MR) is 90.1 cm³/mol. The van der Waals surface area contributed by atoms with Crippen LogP contribution < -0.4 is 0 Å². The van der Waals surface area contributed by atoms with E-state index in [4.69, 9.17) is 4.74 Å². The third-order valence-electron chi connectivity index (χ3n) is 5.09. The van der Waals surface area contributed by atoms with Gasteiger partial charge in [-0.05, 0) is 62.9 Å². The Bertz CT molecular complexity index is 279. The molecular formula is C17H34ClNO2. The summed E-state index contributed by atoms with van der Waals surface area (Å²) in [6, 6.07) is 0. The number of ether oxygens (including phenoxy) is 1. The van der Waals surface area contributed by atoms with Crippen LogP contribution in [0.3, 0.4) is 0 Å². The molecule has 0 radical (unpaired) electrons. The first-order valence-electron chi connectivity index (χ1n) is 8.47. The molecule has 1 aliphatic carbocycles.